The second-order valence-electron chi connectivity index (χ2n) is 10.6. The Labute approximate surface area is 217 Å². The fourth-order valence-electron chi connectivity index (χ4n) is 5.35. The number of nitrogens with zero attached hydrogens (tertiary/aromatic N) is 4. The highest BCUT2D eigenvalue weighted by atomic mass is 35.5. The lowest BCUT2D eigenvalue weighted by atomic mass is 10.0. The molecule has 6 rings (SSSR count). The number of aromatic nitrogens is 3. The van der Waals surface area contributed by atoms with Crippen LogP contribution in [0.15, 0.2) is 48.8 Å². The maximum absolute atomic E-state index is 6.58. The van der Waals surface area contributed by atoms with Gasteiger partial charge in [0.2, 0.25) is 5.95 Å². The third kappa shape index (κ3) is 4.85. The van der Waals surface area contributed by atoms with Crippen LogP contribution in [-0.4, -0.2) is 58.0 Å². The first kappa shape index (κ1) is 23.5. The maximum atomic E-state index is 6.58. The van der Waals surface area contributed by atoms with Gasteiger partial charge in [0.05, 0.1) is 16.9 Å². The monoisotopic (exact) mass is 500 g/mol. The number of H-pyrrole nitrogens is 1. The summed E-state index contributed by atoms with van der Waals surface area (Å²) < 4.78 is 0. The number of halogens is 1. The maximum Gasteiger partial charge on any atom is 0.227 e. The van der Waals surface area contributed by atoms with Crippen molar-refractivity contribution < 1.29 is 0 Å². The van der Waals surface area contributed by atoms with E-state index in [1.807, 2.05) is 6.20 Å². The van der Waals surface area contributed by atoms with Gasteiger partial charge in [0.15, 0.2) is 0 Å². The van der Waals surface area contributed by atoms with Gasteiger partial charge in [0, 0.05) is 54.0 Å². The highest BCUT2D eigenvalue weighted by Crippen LogP contribution is 2.42. The highest BCUT2D eigenvalue weighted by molar-refractivity contribution is 6.33. The predicted octanol–water partition coefficient (Wildman–Crippen LogP) is 6.34. The fraction of sp³-hybridized carbons (Fsp3) is 0.379. The Balaban J connectivity index is 1.28. The van der Waals surface area contributed by atoms with Crippen LogP contribution >= 0.6 is 11.6 Å². The van der Waals surface area contributed by atoms with E-state index >= 15 is 0 Å². The zero-order valence-electron chi connectivity index (χ0n) is 21.2. The van der Waals surface area contributed by atoms with E-state index in [4.69, 9.17) is 16.6 Å². The largest absolute Gasteiger partial charge is 0.360 e. The molecule has 0 unspecified atom stereocenters. The Hall–Kier alpha value is -2.93. The molecule has 186 valence electrons. The van der Waals surface area contributed by atoms with Crippen molar-refractivity contribution in [3.8, 4) is 11.3 Å². The summed E-state index contributed by atoms with van der Waals surface area (Å²) in [4.78, 5) is 17.6. The number of nitrogens with one attached hydrogen (secondary N) is 2. The van der Waals surface area contributed by atoms with Crippen LogP contribution in [0.2, 0.25) is 5.02 Å². The molecule has 6 nitrogen and oxygen atoms in total. The number of benzene rings is 2. The molecule has 1 atom stereocenters. The number of fused-ring (bicyclic) bond motifs is 1. The summed E-state index contributed by atoms with van der Waals surface area (Å²) in [6.07, 6.45) is 7.45. The second-order valence-corrected chi connectivity index (χ2v) is 11.1. The third-order valence-electron chi connectivity index (χ3n) is 7.54. The normalized spacial score (nSPS) is 18.4. The zero-order valence-corrected chi connectivity index (χ0v) is 21.9. The van der Waals surface area contributed by atoms with Gasteiger partial charge >= 0.3 is 0 Å². The molecule has 0 amide bonds. The number of aromatic amines is 1. The second kappa shape index (κ2) is 9.51. The number of hydrogen-bond acceptors (Lipinski definition) is 5. The van der Waals surface area contributed by atoms with Crippen molar-refractivity contribution in [3.05, 3.63) is 70.5 Å². The van der Waals surface area contributed by atoms with Crippen molar-refractivity contribution in [1.82, 2.24) is 24.8 Å². The average molecular weight is 501 g/mol. The summed E-state index contributed by atoms with van der Waals surface area (Å²) in [6, 6.07) is 13.9. The summed E-state index contributed by atoms with van der Waals surface area (Å²) >= 11 is 6.58. The standard InChI is InChI=1S/C29H33ClN6/c1-18-4-7-24-25(14-31-27(24)10-18)28-26(30)15-32-29(34-28)33-22-12-19(11-21(13-22)20-5-6-20)16-36-9-8-23(17-36)35(2)3/h4,7,10-15,20,23,31H,5-6,8-9,16-17H2,1-3H3,(H,32,33,34)/t23-/m0/s1. The molecular weight excluding hydrogens is 468 g/mol. The van der Waals surface area contributed by atoms with Crippen LogP contribution in [0.1, 0.15) is 41.9 Å². The van der Waals surface area contributed by atoms with Crippen LogP contribution in [0.3, 0.4) is 0 Å². The summed E-state index contributed by atoms with van der Waals surface area (Å²) in [5.74, 6) is 1.23. The summed E-state index contributed by atoms with van der Waals surface area (Å²) in [7, 11) is 4.36. The summed E-state index contributed by atoms with van der Waals surface area (Å²) in [6.45, 7) is 5.33. The van der Waals surface area contributed by atoms with Crippen molar-refractivity contribution in [2.45, 2.75) is 44.7 Å². The molecule has 0 radical (unpaired) electrons. The number of aryl methyl sites for hydroxylation is 1. The molecule has 36 heavy (non-hydrogen) atoms. The number of anilines is 2. The van der Waals surface area contributed by atoms with Gasteiger partial charge in [-0.15, -0.1) is 0 Å². The molecule has 0 spiro atoms. The molecule has 4 aromatic rings. The van der Waals surface area contributed by atoms with Gasteiger partial charge in [-0.2, -0.15) is 0 Å². The van der Waals surface area contributed by atoms with Crippen molar-refractivity contribution in [2.75, 3.05) is 32.5 Å². The zero-order chi connectivity index (χ0) is 24.8. The van der Waals surface area contributed by atoms with Crippen LogP contribution in [0, 0.1) is 6.92 Å². The Kier molecular flexibility index (Phi) is 6.20. The molecule has 2 fully saturated rings. The molecule has 1 saturated carbocycles. The lowest BCUT2D eigenvalue weighted by Crippen LogP contribution is -2.31. The minimum atomic E-state index is 0.541. The fourth-order valence-corrected chi connectivity index (χ4v) is 5.54. The summed E-state index contributed by atoms with van der Waals surface area (Å²) in [5.41, 5.74) is 7.81. The van der Waals surface area contributed by atoms with E-state index in [2.05, 4.69) is 82.5 Å². The Morgan fingerprint density at radius 3 is 2.78 bits per heavy atom. The molecule has 2 aromatic carbocycles. The van der Waals surface area contributed by atoms with E-state index in [0.29, 0.717) is 22.9 Å². The lowest BCUT2D eigenvalue weighted by Gasteiger charge is -2.21. The van der Waals surface area contributed by atoms with E-state index in [1.165, 1.54) is 36.0 Å². The molecule has 1 saturated heterocycles. The van der Waals surface area contributed by atoms with Crippen LogP contribution in [0.25, 0.3) is 22.2 Å². The van der Waals surface area contributed by atoms with Gasteiger partial charge < -0.3 is 15.2 Å². The van der Waals surface area contributed by atoms with E-state index in [-0.39, 0.29) is 0 Å². The topological polar surface area (TPSA) is 60.1 Å². The van der Waals surface area contributed by atoms with Gasteiger partial charge in [0.25, 0.3) is 0 Å². The van der Waals surface area contributed by atoms with Crippen LogP contribution < -0.4 is 5.32 Å². The first-order valence-corrected chi connectivity index (χ1v) is 13.2. The minimum absolute atomic E-state index is 0.541. The molecule has 2 aromatic heterocycles. The van der Waals surface area contributed by atoms with Gasteiger partial charge in [-0.05, 0) is 81.1 Å². The van der Waals surface area contributed by atoms with Crippen molar-refractivity contribution >= 4 is 34.1 Å². The third-order valence-corrected chi connectivity index (χ3v) is 7.82. The predicted molar refractivity (Wildman–Crippen MR) is 148 cm³/mol. The van der Waals surface area contributed by atoms with Gasteiger partial charge in [-0.3, -0.25) is 4.90 Å². The van der Waals surface area contributed by atoms with Gasteiger partial charge in [0.1, 0.15) is 0 Å². The molecule has 1 aliphatic carbocycles. The quantitative estimate of drug-likeness (QED) is 0.310. The summed E-state index contributed by atoms with van der Waals surface area (Å²) in [5, 5.41) is 5.13. The molecule has 7 heteroatoms. The minimum Gasteiger partial charge on any atom is -0.360 e. The van der Waals surface area contributed by atoms with Crippen molar-refractivity contribution in [2.24, 2.45) is 0 Å². The molecule has 2 N–H and O–H groups in total. The van der Waals surface area contributed by atoms with E-state index < -0.39 is 0 Å². The number of hydrogen-bond donors (Lipinski definition) is 2. The Morgan fingerprint density at radius 1 is 1.14 bits per heavy atom. The van der Waals surface area contributed by atoms with Crippen molar-refractivity contribution in [1.29, 1.82) is 0 Å². The highest BCUT2D eigenvalue weighted by Gasteiger charge is 2.26. The van der Waals surface area contributed by atoms with Crippen LogP contribution in [-0.2, 0) is 6.54 Å². The van der Waals surface area contributed by atoms with E-state index in [9.17, 15) is 0 Å². The molecule has 2 aliphatic rings. The number of likely N-dealkylation sites (tertiary alicyclic amines) is 1. The SMILES string of the molecule is Cc1ccc2c(-c3nc(Nc4cc(CN5CC[C@H](N(C)C)C5)cc(C5CC5)c4)ncc3Cl)c[nH]c2c1. The Morgan fingerprint density at radius 2 is 2.00 bits per heavy atom. The number of likely N-dealkylation sites (N-methyl/N-ethyl adjacent to an activating group) is 1. The first-order valence-electron chi connectivity index (χ1n) is 12.8. The van der Waals surface area contributed by atoms with Gasteiger partial charge in [-0.1, -0.05) is 29.8 Å². The van der Waals surface area contributed by atoms with Crippen LogP contribution in [0.5, 0.6) is 0 Å². The lowest BCUT2D eigenvalue weighted by molar-refractivity contribution is 0.264. The van der Waals surface area contributed by atoms with E-state index in [1.54, 1.807) is 6.20 Å². The number of rotatable bonds is 7. The Bertz CT molecular complexity index is 1410. The van der Waals surface area contributed by atoms with Crippen LogP contribution in [0.4, 0.5) is 11.6 Å². The molecule has 3 heterocycles. The average Bonchev–Trinajstić information content (AvgIpc) is 3.46. The molecule has 1 aliphatic heterocycles. The first-order chi connectivity index (χ1) is 17.4. The molecular formula is C29H33ClN6. The smallest absolute Gasteiger partial charge is 0.227 e. The molecule has 0 bridgehead atoms. The van der Waals surface area contributed by atoms with Gasteiger partial charge in [-0.25, -0.2) is 9.97 Å². The van der Waals surface area contributed by atoms with E-state index in [0.717, 1.165) is 47.5 Å². The van der Waals surface area contributed by atoms with Crippen molar-refractivity contribution in [3.63, 3.8) is 0 Å².